The van der Waals surface area contributed by atoms with E-state index < -0.39 is 9.84 Å². The largest absolute Gasteiger partial charge is 0.306 e. The quantitative estimate of drug-likeness (QED) is 0.665. The van der Waals surface area contributed by atoms with Gasteiger partial charge in [0.1, 0.15) is 0 Å². The Morgan fingerprint density at radius 3 is 2.38 bits per heavy atom. The zero-order valence-electron chi connectivity index (χ0n) is 8.49. The molecule has 0 atom stereocenters. The molecule has 0 bridgehead atoms. The Hall–Kier alpha value is -0.0900. The van der Waals surface area contributed by atoms with Crippen molar-refractivity contribution >= 4 is 9.84 Å². The fourth-order valence-corrected chi connectivity index (χ4v) is 3.40. The van der Waals surface area contributed by atoms with Crippen LogP contribution in [-0.4, -0.2) is 45.0 Å². The maximum atomic E-state index is 10.9. The number of hydrogen-bond acceptors (Lipinski definition) is 3. The lowest BCUT2D eigenvalue weighted by Crippen LogP contribution is -2.38. The SMILES string of the molecule is CCCN(C)CCC1CS(=O)(=O)C1. The summed E-state index contributed by atoms with van der Waals surface area (Å²) in [6.45, 7) is 4.30. The Morgan fingerprint density at radius 1 is 1.31 bits per heavy atom. The molecule has 0 aromatic heterocycles. The summed E-state index contributed by atoms with van der Waals surface area (Å²) in [6, 6.07) is 0. The molecule has 4 heteroatoms. The Balaban J connectivity index is 2.08. The number of rotatable bonds is 5. The van der Waals surface area contributed by atoms with Gasteiger partial charge >= 0.3 is 0 Å². The first kappa shape index (κ1) is 11.0. The molecule has 78 valence electrons. The highest BCUT2D eigenvalue weighted by molar-refractivity contribution is 7.92. The second-order valence-electron chi connectivity index (χ2n) is 4.03. The predicted octanol–water partition coefficient (Wildman–Crippen LogP) is 0.763. The van der Waals surface area contributed by atoms with Crippen LogP contribution in [0, 0.1) is 5.92 Å². The van der Waals surface area contributed by atoms with E-state index in [4.69, 9.17) is 0 Å². The normalized spacial score (nSPS) is 21.8. The van der Waals surface area contributed by atoms with Crippen LogP contribution in [0.25, 0.3) is 0 Å². The topological polar surface area (TPSA) is 37.4 Å². The molecule has 0 N–H and O–H groups in total. The first-order chi connectivity index (χ1) is 6.03. The van der Waals surface area contributed by atoms with Crippen LogP contribution in [0.5, 0.6) is 0 Å². The Bertz CT molecular complexity index is 236. The second kappa shape index (κ2) is 4.42. The third-order valence-corrected chi connectivity index (χ3v) is 4.46. The zero-order chi connectivity index (χ0) is 9.90. The monoisotopic (exact) mass is 205 g/mol. The van der Waals surface area contributed by atoms with Gasteiger partial charge in [0.25, 0.3) is 0 Å². The molecule has 13 heavy (non-hydrogen) atoms. The summed E-state index contributed by atoms with van der Waals surface area (Å²) in [7, 11) is -0.515. The van der Waals surface area contributed by atoms with E-state index >= 15 is 0 Å². The highest BCUT2D eigenvalue weighted by Crippen LogP contribution is 2.21. The lowest BCUT2D eigenvalue weighted by molar-refractivity contribution is 0.307. The van der Waals surface area contributed by atoms with Gasteiger partial charge < -0.3 is 4.90 Å². The average Bonchev–Trinajstić information content (AvgIpc) is 1.97. The molecule has 1 aliphatic rings. The van der Waals surface area contributed by atoms with Gasteiger partial charge in [0, 0.05) is 0 Å². The predicted molar refractivity (Wildman–Crippen MR) is 54.5 cm³/mol. The van der Waals surface area contributed by atoms with Gasteiger partial charge in [0.05, 0.1) is 11.5 Å². The summed E-state index contributed by atoms with van der Waals surface area (Å²) >= 11 is 0. The van der Waals surface area contributed by atoms with Crippen molar-refractivity contribution in [2.75, 3.05) is 31.6 Å². The minimum Gasteiger partial charge on any atom is -0.306 e. The molecule has 3 nitrogen and oxygen atoms in total. The first-order valence-corrected chi connectivity index (χ1v) is 6.74. The molecule has 0 aliphatic carbocycles. The minimum atomic E-state index is -2.61. The van der Waals surface area contributed by atoms with Crippen molar-refractivity contribution in [3.05, 3.63) is 0 Å². The van der Waals surface area contributed by atoms with Crippen molar-refractivity contribution in [1.29, 1.82) is 0 Å². The summed E-state index contributed by atoms with van der Waals surface area (Å²) in [5.41, 5.74) is 0. The van der Waals surface area contributed by atoms with Crippen molar-refractivity contribution < 1.29 is 8.42 Å². The van der Waals surface area contributed by atoms with E-state index in [1.165, 1.54) is 6.42 Å². The fraction of sp³-hybridized carbons (Fsp3) is 1.00. The smallest absolute Gasteiger partial charge is 0.150 e. The van der Waals surface area contributed by atoms with E-state index in [1.807, 2.05) is 0 Å². The van der Waals surface area contributed by atoms with Crippen LogP contribution >= 0.6 is 0 Å². The number of nitrogens with zero attached hydrogens (tertiary/aromatic N) is 1. The van der Waals surface area contributed by atoms with E-state index in [2.05, 4.69) is 18.9 Å². The van der Waals surface area contributed by atoms with E-state index in [0.29, 0.717) is 17.4 Å². The van der Waals surface area contributed by atoms with E-state index in [1.54, 1.807) is 0 Å². The summed E-state index contributed by atoms with van der Waals surface area (Å²) in [5, 5.41) is 0. The summed E-state index contributed by atoms with van der Waals surface area (Å²) in [5.74, 6) is 1.28. The molecule has 0 spiro atoms. The van der Waals surface area contributed by atoms with Crippen molar-refractivity contribution in [1.82, 2.24) is 4.90 Å². The number of hydrogen-bond donors (Lipinski definition) is 0. The maximum Gasteiger partial charge on any atom is 0.150 e. The molecule has 0 saturated carbocycles. The zero-order valence-corrected chi connectivity index (χ0v) is 9.31. The standard InChI is InChI=1S/C9H19NO2S/c1-3-5-10(2)6-4-9-7-13(11,12)8-9/h9H,3-8H2,1-2H3. The highest BCUT2D eigenvalue weighted by atomic mass is 32.2. The molecule has 0 aromatic carbocycles. The van der Waals surface area contributed by atoms with E-state index in [-0.39, 0.29) is 0 Å². The molecule has 1 rings (SSSR count). The van der Waals surface area contributed by atoms with Crippen LogP contribution in [0.3, 0.4) is 0 Å². The van der Waals surface area contributed by atoms with Gasteiger partial charge in [-0.05, 0) is 38.9 Å². The van der Waals surface area contributed by atoms with Gasteiger partial charge in [0.15, 0.2) is 9.84 Å². The number of sulfone groups is 1. The van der Waals surface area contributed by atoms with Gasteiger partial charge in [-0.1, -0.05) is 6.92 Å². The van der Waals surface area contributed by atoms with Crippen LogP contribution in [0.4, 0.5) is 0 Å². The molecule has 1 heterocycles. The van der Waals surface area contributed by atoms with Crippen molar-refractivity contribution in [2.24, 2.45) is 5.92 Å². The third kappa shape index (κ3) is 3.65. The molecule has 1 saturated heterocycles. The molecule has 1 aliphatic heterocycles. The summed E-state index contributed by atoms with van der Waals surface area (Å²) in [6.07, 6.45) is 2.20. The van der Waals surface area contributed by atoms with Crippen molar-refractivity contribution in [3.63, 3.8) is 0 Å². The second-order valence-corrected chi connectivity index (χ2v) is 6.19. The minimum absolute atomic E-state index is 0.424. The van der Waals surface area contributed by atoms with Crippen molar-refractivity contribution in [3.8, 4) is 0 Å². The van der Waals surface area contributed by atoms with Crippen LogP contribution in [0.15, 0.2) is 0 Å². The Kier molecular flexibility index (Phi) is 3.74. The molecule has 0 radical (unpaired) electrons. The van der Waals surface area contributed by atoms with Crippen LogP contribution in [0.2, 0.25) is 0 Å². The highest BCUT2D eigenvalue weighted by Gasteiger charge is 2.32. The first-order valence-electron chi connectivity index (χ1n) is 4.92. The Labute approximate surface area is 81.0 Å². The van der Waals surface area contributed by atoms with E-state index in [0.717, 1.165) is 19.5 Å². The molecule has 0 aromatic rings. The third-order valence-electron chi connectivity index (χ3n) is 2.50. The van der Waals surface area contributed by atoms with Gasteiger partial charge in [-0.25, -0.2) is 8.42 Å². The fourth-order valence-electron chi connectivity index (χ4n) is 1.73. The van der Waals surface area contributed by atoms with Crippen molar-refractivity contribution in [2.45, 2.75) is 19.8 Å². The molecular weight excluding hydrogens is 186 g/mol. The van der Waals surface area contributed by atoms with Gasteiger partial charge in [-0.2, -0.15) is 0 Å². The molecular formula is C9H19NO2S. The van der Waals surface area contributed by atoms with Crippen LogP contribution < -0.4 is 0 Å². The Morgan fingerprint density at radius 2 is 1.92 bits per heavy atom. The summed E-state index contributed by atoms with van der Waals surface area (Å²) in [4.78, 5) is 2.27. The van der Waals surface area contributed by atoms with Gasteiger partial charge in [-0.3, -0.25) is 0 Å². The van der Waals surface area contributed by atoms with E-state index in [9.17, 15) is 8.42 Å². The van der Waals surface area contributed by atoms with Gasteiger partial charge in [0.2, 0.25) is 0 Å². The average molecular weight is 205 g/mol. The van der Waals surface area contributed by atoms with Crippen LogP contribution in [0.1, 0.15) is 19.8 Å². The maximum absolute atomic E-state index is 10.9. The molecule has 1 fully saturated rings. The molecule has 0 amide bonds. The summed E-state index contributed by atoms with van der Waals surface area (Å²) < 4.78 is 21.7. The molecule has 0 unspecified atom stereocenters. The van der Waals surface area contributed by atoms with Gasteiger partial charge in [-0.15, -0.1) is 0 Å². The van der Waals surface area contributed by atoms with Crippen LogP contribution in [-0.2, 0) is 9.84 Å². The lowest BCUT2D eigenvalue weighted by Gasteiger charge is -2.27. The lowest BCUT2D eigenvalue weighted by atomic mass is 10.1.